The lowest BCUT2D eigenvalue weighted by Gasteiger charge is -2.09. The van der Waals surface area contributed by atoms with Gasteiger partial charge < -0.3 is 4.74 Å². The van der Waals surface area contributed by atoms with Crippen molar-refractivity contribution in [1.82, 2.24) is 0 Å². The van der Waals surface area contributed by atoms with E-state index in [1.165, 1.54) is 12.1 Å². The van der Waals surface area contributed by atoms with E-state index in [0.29, 0.717) is 0 Å². The second-order valence-corrected chi connectivity index (χ2v) is 4.81. The third kappa shape index (κ3) is 3.64. The maximum atomic E-state index is 12.0. The molecule has 0 bridgehead atoms. The van der Waals surface area contributed by atoms with E-state index < -0.39 is 6.61 Å². The molecule has 1 nitrogen and oxygen atoms in total. The van der Waals surface area contributed by atoms with Crippen LogP contribution < -0.4 is 4.74 Å². The van der Waals surface area contributed by atoms with E-state index in [0.717, 1.165) is 21.2 Å². The lowest BCUT2D eigenvalue weighted by atomic mass is 10.00. The van der Waals surface area contributed by atoms with Crippen LogP contribution in [-0.4, -0.2) is 6.61 Å². The molecule has 0 aliphatic heterocycles. The van der Waals surface area contributed by atoms with Crippen LogP contribution in [0.5, 0.6) is 5.75 Å². The van der Waals surface area contributed by atoms with Gasteiger partial charge in [0.05, 0.1) is 0 Å². The summed E-state index contributed by atoms with van der Waals surface area (Å²) in [5, 5.41) is 0. The number of benzene rings is 2. The molecule has 0 heterocycles. The number of hydrogen-bond acceptors (Lipinski definition) is 1. The third-order valence-corrected chi connectivity index (χ3v) is 3.09. The summed E-state index contributed by atoms with van der Waals surface area (Å²) in [6.45, 7) is 1.21. The van der Waals surface area contributed by atoms with Crippen LogP contribution in [0, 0.1) is 0 Å². The van der Waals surface area contributed by atoms with Gasteiger partial charge in [0.1, 0.15) is 5.75 Å². The molecule has 0 fully saturated rings. The van der Waals surface area contributed by atoms with Crippen LogP contribution in [0.4, 0.5) is 8.78 Å². The maximum Gasteiger partial charge on any atom is 0.387 e. The molecule has 2 rings (SSSR count). The largest absolute Gasteiger partial charge is 0.435 e. The van der Waals surface area contributed by atoms with E-state index in [-0.39, 0.29) is 5.75 Å². The van der Waals surface area contributed by atoms with Crippen molar-refractivity contribution in [3.63, 3.8) is 0 Å². The average molecular weight is 325 g/mol. The Hall–Kier alpha value is -1.68. The second kappa shape index (κ2) is 5.97. The summed E-state index contributed by atoms with van der Waals surface area (Å²) in [5.74, 6) is 0.140. The predicted octanol–water partition coefficient (Wildman–Crippen LogP) is 5.11. The lowest BCUT2D eigenvalue weighted by molar-refractivity contribution is -0.0498. The normalized spacial score (nSPS) is 10.5. The molecule has 0 spiro atoms. The molecule has 0 aromatic heterocycles. The molecule has 98 valence electrons. The minimum Gasteiger partial charge on any atom is -0.435 e. The van der Waals surface area contributed by atoms with E-state index in [9.17, 15) is 8.78 Å². The van der Waals surface area contributed by atoms with Gasteiger partial charge >= 0.3 is 6.61 Å². The highest BCUT2D eigenvalue weighted by Crippen LogP contribution is 2.26. The van der Waals surface area contributed by atoms with Crippen LogP contribution in [0.25, 0.3) is 5.57 Å². The quantitative estimate of drug-likeness (QED) is 0.759. The molecule has 0 amide bonds. The predicted molar refractivity (Wildman–Crippen MR) is 75.4 cm³/mol. The fourth-order valence-corrected chi connectivity index (χ4v) is 2.08. The topological polar surface area (TPSA) is 9.23 Å². The Morgan fingerprint density at radius 1 is 1.05 bits per heavy atom. The fourth-order valence-electron chi connectivity index (χ4n) is 1.68. The summed E-state index contributed by atoms with van der Waals surface area (Å²) in [7, 11) is 0. The minimum atomic E-state index is -2.81. The summed E-state index contributed by atoms with van der Waals surface area (Å²) < 4.78 is 29.4. The molecule has 2 aromatic rings. The zero-order valence-corrected chi connectivity index (χ0v) is 11.5. The van der Waals surface area contributed by atoms with Crippen LogP contribution in [0.3, 0.4) is 0 Å². The molecule has 19 heavy (non-hydrogen) atoms. The summed E-state index contributed by atoms with van der Waals surface area (Å²) in [6, 6.07) is 14.2. The number of ether oxygens (including phenoxy) is 1. The van der Waals surface area contributed by atoms with Crippen LogP contribution in [0.1, 0.15) is 11.1 Å². The Bertz CT molecular complexity index is 579. The number of hydrogen-bond donors (Lipinski definition) is 0. The van der Waals surface area contributed by atoms with Crippen molar-refractivity contribution in [2.75, 3.05) is 0 Å². The van der Waals surface area contributed by atoms with E-state index in [1.54, 1.807) is 12.1 Å². The second-order valence-electron chi connectivity index (χ2n) is 3.89. The molecule has 0 unspecified atom stereocenters. The Morgan fingerprint density at radius 2 is 1.74 bits per heavy atom. The first-order valence-corrected chi connectivity index (χ1v) is 6.35. The first-order valence-electron chi connectivity index (χ1n) is 5.56. The van der Waals surface area contributed by atoms with Gasteiger partial charge in [0.25, 0.3) is 0 Å². The molecule has 0 saturated carbocycles. The standard InChI is InChI=1S/C15H11BrF2O/c1-10(12-3-2-4-13(16)9-12)11-5-7-14(8-6-11)19-15(17)18/h2-9,15H,1H2. The van der Waals surface area contributed by atoms with Crippen molar-refractivity contribution in [1.29, 1.82) is 0 Å². The van der Waals surface area contributed by atoms with Gasteiger partial charge in [-0.1, -0.05) is 46.8 Å². The van der Waals surface area contributed by atoms with E-state index in [1.807, 2.05) is 24.3 Å². The molecule has 4 heteroatoms. The Balaban J connectivity index is 2.20. The van der Waals surface area contributed by atoms with Gasteiger partial charge in [-0.25, -0.2) is 0 Å². The first kappa shape index (κ1) is 13.7. The monoisotopic (exact) mass is 324 g/mol. The Labute approximate surface area is 118 Å². The molecule has 0 N–H and O–H groups in total. The van der Waals surface area contributed by atoms with Crippen molar-refractivity contribution in [3.05, 3.63) is 70.7 Å². The fraction of sp³-hybridized carbons (Fsp3) is 0.0667. The maximum absolute atomic E-state index is 12.0. The zero-order valence-electron chi connectivity index (χ0n) is 9.95. The molecule has 0 atom stereocenters. The molecule has 0 aliphatic rings. The third-order valence-electron chi connectivity index (χ3n) is 2.60. The van der Waals surface area contributed by atoms with Crippen molar-refractivity contribution >= 4 is 21.5 Å². The van der Waals surface area contributed by atoms with Gasteiger partial charge in [0, 0.05) is 4.47 Å². The summed E-state index contributed by atoms with van der Waals surface area (Å²) in [5.41, 5.74) is 2.65. The van der Waals surface area contributed by atoms with Gasteiger partial charge in [-0.2, -0.15) is 8.78 Å². The number of halogens is 3. The molecular formula is C15H11BrF2O. The highest BCUT2D eigenvalue weighted by Gasteiger charge is 2.06. The summed E-state index contributed by atoms with van der Waals surface area (Å²) >= 11 is 3.40. The number of rotatable bonds is 4. The minimum absolute atomic E-state index is 0.140. The Kier molecular flexibility index (Phi) is 4.32. The van der Waals surface area contributed by atoms with E-state index >= 15 is 0 Å². The average Bonchev–Trinajstić information content (AvgIpc) is 2.38. The molecule has 2 aromatic carbocycles. The molecular weight excluding hydrogens is 314 g/mol. The van der Waals surface area contributed by atoms with Crippen molar-refractivity contribution in [3.8, 4) is 5.75 Å². The SMILES string of the molecule is C=C(c1ccc(OC(F)F)cc1)c1cccc(Br)c1. The van der Waals surface area contributed by atoms with Crippen molar-refractivity contribution in [2.45, 2.75) is 6.61 Å². The van der Waals surface area contributed by atoms with Crippen LogP contribution in [0.15, 0.2) is 59.6 Å². The van der Waals surface area contributed by atoms with E-state index in [4.69, 9.17) is 0 Å². The zero-order chi connectivity index (χ0) is 13.8. The number of alkyl halides is 2. The molecule has 0 radical (unpaired) electrons. The van der Waals surface area contributed by atoms with Crippen LogP contribution >= 0.6 is 15.9 Å². The smallest absolute Gasteiger partial charge is 0.387 e. The lowest BCUT2D eigenvalue weighted by Crippen LogP contribution is -2.01. The molecule has 0 aliphatic carbocycles. The van der Waals surface area contributed by atoms with Gasteiger partial charge in [-0.05, 0) is 41.0 Å². The first-order chi connectivity index (χ1) is 9.06. The summed E-state index contributed by atoms with van der Waals surface area (Å²) in [6.07, 6.45) is 0. The highest BCUT2D eigenvalue weighted by molar-refractivity contribution is 9.10. The van der Waals surface area contributed by atoms with Gasteiger partial charge in [-0.15, -0.1) is 0 Å². The molecule has 0 saturated heterocycles. The Morgan fingerprint density at radius 3 is 2.32 bits per heavy atom. The van der Waals surface area contributed by atoms with Gasteiger partial charge in [-0.3, -0.25) is 0 Å². The van der Waals surface area contributed by atoms with Crippen LogP contribution in [-0.2, 0) is 0 Å². The van der Waals surface area contributed by atoms with Gasteiger partial charge in [0.15, 0.2) is 0 Å². The summed E-state index contributed by atoms with van der Waals surface area (Å²) in [4.78, 5) is 0. The van der Waals surface area contributed by atoms with Crippen molar-refractivity contribution in [2.24, 2.45) is 0 Å². The highest BCUT2D eigenvalue weighted by atomic mass is 79.9. The van der Waals surface area contributed by atoms with Crippen LogP contribution in [0.2, 0.25) is 0 Å². The van der Waals surface area contributed by atoms with Crippen molar-refractivity contribution < 1.29 is 13.5 Å². The van der Waals surface area contributed by atoms with E-state index in [2.05, 4.69) is 27.2 Å². The van der Waals surface area contributed by atoms with Gasteiger partial charge in [0.2, 0.25) is 0 Å².